The highest BCUT2D eigenvalue weighted by Crippen LogP contribution is 2.39. The third-order valence-corrected chi connectivity index (χ3v) is 6.14. The normalized spacial score (nSPS) is 17.2. The molecule has 0 radical (unpaired) electrons. The maximum absolute atomic E-state index is 12.5. The van der Waals surface area contributed by atoms with E-state index in [9.17, 15) is 10.1 Å². The number of carbonyl (C=O) groups excluding carboxylic acids is 1. The van der Waals surface area contributed by atoms with Crippen LogP contribution in [-0.4, -0.2) is 19.5 Å². The van der Waals surface area contributed by atoms with Crippen molar-refractivity contribution in [1.82, 2.24) is 0 Å². The smallest absolute Gasteiger partial charge is 0.280 e. The summed E-state index contributed by atoms with van der Waals surface area (Å²) in [6, 6.07) is 10.7. The van der Waals surface area contributed by atoms with E-state index in [0.717, 1.165) is 41.3 Å². The molecule has 0 saturated heterocycles. The lowest BCUT2D eigenvalue weighted by molar-refractivity contribution is -0.885. The van der Waals surface area contributed by atoms with Crippen molar-refractivity contribution < 1.29 is 9.69 Å². The maximum atomic E-state index is 12.5. The van der Waals surface area contributed by atoms with Crippen LogP contribution < -0.4 is 10.2 Å². The fourth-order valence-corrected chi connectivity index (χ4v) is 4.90. The summed E-state index contributed by atoms with van der Waals surface area (Å²) < 4.78 is 0. The fourth-order valence-electron chi connectivity index (χ4n) is 3.52. The highest BCUT2D eigenvalue weighted by atomic mass is 32.1. The van der Waals surface area contributed by atoms with Crippen LogP contribution in [0.3, 0.4) is 0 Å². The van der Waals surface area contributed by atoms with Crippen LogP contribution in [0.5, 0.6) is 0 Å². The van der Waals surface area contributed by atoms with Gasteiger partial charge in [-0.3, -0.25) is 4.79 Å². The first-order chi connectivity index (χ1) is 12.5. The van der Waals surface area contributed by atoms with Crippen molar-refractivity contribution in [2.24, 2.45) is 5.92 Å². The van der Waals surface area contributed by atoms with Crippen LogP contribution in [0.4, 0.5) is 5.00 Å². The van der Waals surface area contributed by atoms with Gasteiger partial charge in [-0.05, 0) is 37.7 Å². The highest BCUT2D eigenvalue weighted by molar-refractivity contribution is 7.16. The van der Waals surface area contributed by atoms with Gasteiger partial charge >= 0.3 is 0 Å². The zero-order valence-electron chi connectivity index (χ0n) is 15.7. The average Bonchev–Trinajstić information content (AvgIpc) is 2.92. The molecule has 1 amide bonds. The molecule has 0 bridgehead atoms. The molecule has 4 nitrogen and oxygen atoms in total. The van der Waals surface area contributed by atoms with E-state index < -0.39 is 0 Å². The number of rotatable bonds is 5. The van der Waals surface area contributed by atoms with Gasteiger partial charge in [-0.1, -0.05) is 36.8 Å². The Hall–Kier alpha value is -2.16. The number of likely N-dealkylation sites (N-methyl/N-ethyl adjacent to an activating group) is 1. The second-order valence-corrected chi connectivity index (χ2v) is 8.62. The number of thiophene rings is 1. The summed E-state index contributed by atoms with van der Waals surface area (Å²) in [6.07, 6.45) is 3.09. The third kappa shape index (κ3) is 4.32. The molecule has 1 heterocycles. The minimum absolute atomic E-state index is 0.0299. The largest absolute Gasteiger partial charge is 0.326 e. The Balaban J connectivity index is 1.63. The van der Waals surface area contributed by atoms with Gasteiger partial charge in [0.15, 0.2) is 6.54 Å². The predicted molar refractivity (Wildman–Crippen MR) is 105 cm³/mol. The van der Waals surface area contributed by atoms with Gasteiger partial charge in [0.1, 0.15) is 17.6 Å². The monoisotopic (exact) mass is 368 g/mol. The number of amides is 1. The molecule has 5 heteroatoms. The Morgan fingerprint density at radius 2 is 2.12 bits per heavy atom. The number of nitrogens with zero attached hydrogens (tertiary/aromatic N) is 1. The molecule has 1 aromatic heterocycles. The highest BCUT2D eigenvalue weighted by Gasteiger charge is 2.25. The number of nitriles is 1. The molecule has 2 atom stereocenters. The van der Waals surface area contributed by atoms with Gasteiger partial charge in [-0.25, -0.2) is 0 Å². The van der Waals surface area contributed by atoms with Crippen LogP contribution in [0.25, 0.3) is 0 Å². The average molecular weight is 369 g/mol. The molecule has 2 N–H and O–H groups in total. The molecule has 136 valence electrons. The Labute approximate surface area is 159 Å². The molecule has 1 unspecified atom stereocenters. The summed E-state index contributed by atoms with van der Waals surface area (Å²) >= 11 is 1.59. The number of aryl methyl sites for hydroxylation is 1. The molecule has 1 aromatic carbocycles. The third-order valence-electron chi connectivity index (χ3n) is 4.97. The topological polar surface area (TPSA) is 57.3 Å². The van der Waals surface area contributed by atoms with Gasteiger partial charge in [0.25, 0.3) is 5.91 Å². The van der Waals surface area contributed by atoms with Gasteiger partial charge in [0.2, 0.25) is 0 Å². The van der Waals surface area contributed by atoms with Crippen molar-refractivity contribution >= 4 is 22.2 Å². The number of nitrogens with one attached hydrogen (secondary N) is 2. The molecule has 0 spiro atoms. The van der Waals surface area contributed by atoms with E-state index in [0.29, 0.717) is 18.0 Å². The van der Waals surface area contributed by atoms with Crippen molar-refractivity contribution in [3.8, 4) is 6.07 Å². The van der Waals surface area contributed by atoms with Crippen LogP contribution in [0.1, 0.15) is 40.5 Å². The lowest BCUT2D eigenvalue weighted by Crippen LogP contribution is -3.08. The maximum Gasteiger partial charge on any atom is 0.280 e. The van der Waals surface area contributed by atoms with E-state index in [1.165, 1.54) is 16.0 Å². The Morgan fingerprint density at radius 3 is 2.81 bits per heavy atom. The van der Waals surface area contributed by atoms with Gasteiger partial charge < -0.3 is 10.2 Å². The fraction of sp³-hybridized carbons (Fsp3) is 0.429. The van der Waals surface area contributed by atoms with E-state index in [2.05, 4.69) is 49.5 Å². The number of hydrogen-bond donors (Lipinski definition) is 2. The molecule has 0 fully saturated rings. The standard InChI is InChI=1S/C21H25N3OS/c1-14-4-7-16(8-5-14)12-24(3)13-20(25)23-21-18(11-22)17-9-6-15(2)10-19(17)26-21/h4-5,7-8,15H,6,9-10,12-13H2,1-3H3,(H,23,25)/p+1/t15-/m1/s1. The summed E-state index contributed by atoms with van der Waals surface area (Å²) in [5.74, 6) is 0.624. The zero-order valence-corrected chi connectivity index (χ0v) is 16.5. The van der Waals surface area contributed by atoms with E-state index >= 15 is 0 Å². The number of quaternary nitrogens is 1. The van der Waals surface area contributed by atoms with E-state index in [4.69, 9.17) is 0 Å². The molecular weight excluding hydrogens is 342 g/mol. The van der Waals surface area contributed by atoms with Crippen LogP contribution in [-0.2, 0) is 24.2 Å². The van der Waals surface area contributed by atoms with E-state index in [1.54, 1.807) is 11.3 Å². The van der Waals surface area contributed by atoms with Crippen molar-refractivity contribution in [2.75, 3.05) is 18.9 Å². The zero-order chi connectivity index (χ0) is 18.7. The number of anilines is 1. The van der Waals surface area contributed by atoms with Gasteiger partial charge in [-0.2, -0.15) is 5.26 Å². The molecular formula is C21H26N3OS+. The Bertz CT molecular complexity index is 832. The predicted octanol–water partition coefficient (Wildman–Crippen LogP) is 2.71. The molecule has 26 heavy (non-hydrogen) atoms. The first-order valence-corrected chi connectivity index (χ1v) is 9.99. The van der Waals surface area contributed by atoms with E-state index in [1.807, 2.05) is 7.05 Å². The van der Waals surface area contributed by atoms with Crippen LogP contribution in [0.15, 0.2) is 24.3 Å². The van der Waals surface area contributed by atoms with Crippen LogP contribution in [0.2, 0.25) is 0 Å². The van der Waals surface area contributed by atoms with Crippen molar-refractivity contribution in [2.45, 2.75) is 39.7 Å². The van der Waals surface area contributed by atoms with Gasteiger partial charge in [-0.15, -0.1) is 11.3 Å². The second-order valence-electron chi connectivity index (χ2n) is 7.51. The molecule has 0 saturated carbocycles. The Morgan fingerprint density at radius 1 is 1.38 bits per heavy atom. The molecule has 3 rings (SSSR count). The lowest BCUT2D eigenvalue weighted by Gasteiger charge is -2.17. The molecule has 1 aliphatic carbocycles. The first-order valence-electron chi connectivity index (χ1n) is 9.17. The summed E-state index contributed by atoms with van der Waals surface area (Å²) in [5.41, 5.74) is 4.30. The van der Waals surface area contributed by atoms with Crippen molar-refractivity contribution in [1.29, 1.82) is 5.26 Å². The minimum Gasteiger partial charge on any atom is -0.326 e. The second kappa shape index (κ2) is 8.03. The number of hydrogen-bond acceptors (Lipinski definition) is 3. The van der Waals surface area contributed by atoms with Crippen LogP contribution >= 0.6 is 11.3 Å². The molecule has 2 aromatic rings. The van der Waals surface area contributed by atoms with E-state index in [-0.39, 0.29) is 5.91 Å². The number of fused-ring (bicyclic) bond motifs is 1. The number of benzene rings is 1. The summed E-state index contributed by atoms with van der Waals surface area (Å²) in [4.78, 5) is 14.9. The van der Waals surface area contributed by atoms with Crippen LogP contribution in [0, 0.1) is 24.2 Å². The SMILES string of the molecule is Cc1ccc(C[NH+](C)CC(=O)Nc2sc3c(c2C#N)CC[C@@H](C)C3)cc1. The van der Waals surface area contributed by atoms with Crippen molar-refractivity contribution in [3.63, 3.8) is 0 Å². The first kappa shape index (κ1) is 18.6. The summed E-state index contributed by atoms with van der Waals surface area (Å²) in [5, 5.41) is 13.3. The van der Waals surface area contributed by atoms with Crippen molar-refractivity contribution in [3.05, 3.63) is 51.4 Å². The van der Waals surface area contributed by atoms with Gasteiger partial charge in [0, 0.05) is 10.4 Å². The van der Waals surface area contributed by atoms with Gasteiger partial charge in [0.05, 0.1) is 12.6 Å². The number of carbonyl (C=O) groups is 1. The Kier molecular flexibility index (Phi) is 5.75. The summed E-state index contributed by atoms with van der Waals surface area (Å²) in [7, 11) is 2.02. The molecule has 1 aliphatic rings. The quantitative estimate of drug-likeness (QED) is 0.853. The minimum atomic E-state index is -0.0299. The molecule has 0 aliphatic heterocycles. The lowest BCUT2D eigenvalue weighted by atomic mass is 9.89. The summed E-state index contributed by atoms with van der Waals surface area (Å²) in [6.45, 7) is 5.51.